The molecule has 2 aromatic carbocycles. The number of nitrogens with zero attached hydrogens (tertiary/aromatic N) is 2. The van der Waals surface area contributed by atoms with Gasteiger partial charge in [0.1, 0.15) is 0 Å². The van der Waals surface area contributed by atoms with Crippen molar-refractivity contribution in [2.45, 2.75) is 20.8 Å². The lowest BCUT2D eigenvalue weighted by Gasteiger charge is -2.09. The molecule has 0 aliphatic carbocycles. The number of carbonyl (C=O) groups excluding carboxylic acids is 2. The Kier molecular flexibility index (Phi) is 6.30. The Morgan fingerprint density at radius 3 is 2.16 bits per heavy atom. The van der Waals surface area contributed by atoms with Crippen molar-refractivity contribution >= 4 is 29.7 Å². The normalized spacial score (nSPS) is 10.8. The first-order valence-electron chi connectivity index (χ1n) is 9.50. The molecule has 2 amide bonds. The van der Waals surface area contributed by atoms with Crippen molar-refractivity contribution in [1.29, 1.82) is 0 Å². The molecule has 0 unspecified atom stereocenters. The number of carboxylic acid groups (broad SMARTS) is 1. The van der Waals surface area contributed by atoms with Gasteiger partial charge >= 0.3 is 5.97 Å². The Bertz CT molecular complexity index is 1160. The summed E-state index contributed by atoms with van der Waals surface area (Å²) >= 11 is 0. The summed E-state index contributed by atoms with van der Waals surface area (Å²) in [7, 11) is 0. The molecule has 0 radical (unpaired) electrons. The van der Waals surface area contributed by atoms with Crippen LogP contribution in [0.15, 0.2) is 59.7 Å². The number of amides is 2. The fourth-order valence-corrected chi connectivity index (χ4v) is 3.20. The van der Waals surface area contributed by atoms with E-state index in [0.29, 0.717) is 11.3 Å². The van der Waals surface area contributed by atoms with E-state index in [2.05, 4.69) is 15.8 Å². The highest BCUT2D eigenvalue weighted by atomic mass is 16.4. The van der Waals surface area contributed by atoms with Crippen molar-refractivity contribution in [3.8, 4) is 5.69 Å². The maximum Gasteiger partial charge on any atom is 0.335 e. The standard InChI is InChI=1S/C23H22N4O4/c1-14-12-19(15(2)27(14)21-10-6-18(7-11-21)23(30)31)13-24-26-22(29)17-4-8-20(9-5-17)25-16(3)28/h4-13H,1-3H3,(H,25,28)(H,26,29)(H,30,31)/b24-13-. The predicted molar refractivity (Wildman–Crippen MR) is 118 cm³/mol. The smallest absolute Gasteiger partial charge is 0.335 e. The fraction of sp³-hybridized carbons (Fsp3) is 0.130. The quantitative estimate of drug-likeness (QED) is 0.420. The van der Waals surface area contributed by atoms with Crippen molar-refractivity contribution < 1.29 is 19.5 Å². The monoisotopic (exact) mass is 418 g/mol. The van der Waals surface area contributed by atoms with Gasteiger partial charge in [-0.2, -0.15) is 5.10 Å². The van der Waals surface area contributed by atoms with E-state index in [1.165, 1.54) is 6.92 Å². The summed E-state index contributed by atoms with van der Waals surface area (Å²) in [6, 6.07) is 15.0. The minimum Gasteiger partial charge on any atom is -0.478 e. The van der Waals surface area contributed by atoms with Gasteiger partial charge in [-0.3, -0.25) is 9.59 Å². The molecule has 31 heavy (non-hydrogen) atoms. The SMILES string of the molecule is CC(=O)Nc1ccc(C(=O)N/N=C\c2cc(C)n(-c3ccc(C(=O)O)cc3)c2C)cc1. The average molecular weight is 418 g/mol. The number of hydrogen-bond donors (Lipinski definition) is 3. The number of hydrogen-bond acceptors (Lipinski definition) is 4. The first-order valence-corrected chi connectivity index (χ1v) is 9.50. The van der Waals surface area contributed by atoms with E-state index in [9.17, 15) is 14.4 Å². The molecule has 0 aliphatic rings. The van der Waals surface area contributed by atoms with Gasteiger partial charge in [-0.25, -0.2) is 10.2 Å². The second-order valence-electron chi connectivity index (χ2n) is 6.97. The van der Waals surface area contributed by atoms with Gasteiger partial charge in [0.25, 0.3) is 5.91 Å². The zero-order valence-corrected chi connectivity index (χ0v) is 17.3. The molecule has 0 spiro atoms. The molecule has 1 aromatic heterocycles. The summed E-state index contributed by atoms with van der Waals surface area (Å²) < 4.78 is 1.98. The fourth-order valence-electron chi connectivity index (χ4n) is 3.20. The molecule has 3 N–H and O–H groups in total. The number of benzene rings is 2. The summed E-state index contributed by atoms with van der Waals surface area (Å²) in [5.74, 6) is -1.53. The van der Waals surface area contributed by atoms with Crippen LogP contribution in [-0.2, 0) is 4.79 Å². The number of carboxylic acids is 1. The minimum atomic E-state index is -0.971. The average Bonchev–Trinajstić information content (AvgIpc) is 3.01. The van der Waals surface area contributed by atoms with Gasteiger partial charge in [-0.15, -0.1) is 0 Å². The van der Waals surface area contributed by atoms with Gasteiger partial charge in [0, 0.05) is 40.8 Å². The Labute approximate surface area is 179 Å². The van der Waals surface area contributed by atoms with Gasteiger partial charge in [-0.1, -0.05) is 0 Å². The van der Waals surface area contributed by atoms with E-state index in [0.717, 1.165) is 22.6 Å². The van der Waals surface area contributed by atoms with Gasteiger partial charge in [0.2, 0.25) is 5.91 Å². The summed E-state index contributed by atoms with van der Waals surface area (Å²) in [6.07, 6.45) is 1.56. The van der Waals surface area contributed by atoms with E-state index in [1.54, 1.807) is 54.7 Å². The van der Waals surface area contributed by atoms with Gasteiger partial charge in [0.15, 0.2) is 0 Å². The lowest BCUT2D eigenvalue weighted by molar-refractivity contribution is -0.114. The Morgan fingerprint density at radius 2 is 1.58 bits per heavy atom. The minimum absolute atomic E-state index is 0.183. The van der Waals surface area contributed by atoms with E-state index in [-0.39, 0.29) is 17.4 Å². The second kappa shape index (κ2) is 9.08. The molecular weight excluding hydrogens is 396 g/mol. The van der Waals surface area contributed by atoms with Crippen LogP contribution in [0.2, 0.25) is 0 Å². The molecule has 0 saturated carbocycles. The highest BCUT2D eigenvalue weighted by molar-refractivity contribution is 5.96. The van der Waals surface area contributed by atoms with Crippen LogP contribution in [0.25, 0.3) is 5.69 Å². The molecule has 8 nitrogen and oxygen atoms in total. The first kappa shape index (κ1) is 21.5. The maximum atomic E-state index is 12.3. The molecule has 0 fully saturated rings. The first-order chi connectivity index (χ1) is 14.8. The van der Waals surface area contributed by atoms with Gasteiger partial charge in [0.05, 0.1) is 11.8 Å². The molecule has 0 aliphatic heterocycles. The van der Waals surface area contributed by atoms with Crippen LogP contribution in [0.1, 0.15) is 44.6 Å². The number of aromatic carboxylic acids is 1. The second-order valence-corrected chi connectivity index (χ2v) is 6.97. The topological polar surface area (TPSA) is 113 Å². The summed E-state index contributed by atoms with van der Waals surface area (Å²) in [5.41, 5.74) is 7.24. The zero-order chi connectivity index (χ0) is 22.5. The Hall–Kier alpha value is -4.20. The van der Waals surface area contributed by atoms with Crippen molar-refractivity contribution in [1.82, 2.24) is 9.99 Å². The van der Waals surface area contributed by atoms with Crippen LogP contribution in [0.3, 0.4) is 0 Å². The number of anilines is 1. The molecule has 1 heterocycles. The third-order valence-corrected chi connectivity index (χ3v) is 4.68. The number of carbonyl (C=O) groups is 3. The van der Waals surface area contributed by atoms with Crippen molar-refractivity contribution in [2.24, 2.45) is 5.10 Å². The van der Waals surface area contributed by atoms with Crippen molar-refractivity contribution in [3.05, 3.63) is 82.7 Å². The molecule has 0 saturated heterocycles. The van der Waals surface area contributed by atoms with Crippen molar-refractivity contribution in [2.75, 3.05) is 5.32 Å². The number of rotatable bonds is 6. The molecule has 0 atom stereocenters. The van der Waals surface area contributed by atoms with Crippen LogP contribution < -0.4 is 10.7 Å². The zero-order valence-electron chi connectivity index (χ0n) is 17.3. The highest BCUT2D eigenvalue weighted by Crippen LogP contribution is 2.20. The lowest BCUT2D eigenvalue weighted by atomic mass is 10.2. The molecule has 158 valence electrons. The van der Waals surface area contributed by atoms with Crippen molar-refractivity contribution in [3.63, 3.8) is 0 Å². The van der Waals surface area contributed by atoms with E-state index in [1.807, 2.05) is 24.5 Å². The Balaban J connectivity index is 1.71. The van der Waals surface area contributed by atoms with Crippen LogP contribution in [0.5, 0.6) is 0 Å². The van der Waals surface area contributed by atoms with E-state index in [4.69, 9.17) is 5.11 Å². The van der Waals surface area contributed by atoms with Crippen LogP contribution in [-0.4, -0.2) is 33.7 Å². The molecular formula is C23H22N4O4. The summed E-state index contributed by atoms with van der Waals surface area (Å²) in [6.45, 7) is 5.27. The maximum absolute atomic E-state index is 12.3. The van der Waals surface area contributed by atoms with E-state index < -0.39 is 5.97 Å². The summed E-state index contributed by atoms with van der Waals surface area (Å²) in [5, 5.41) is 15.7. The number of hydrazone groups is 1. The predicted octanol–water partition coefficient (Wildman–Crippen LogP) is 3.51. The van der Waals surface area contributed by atoms with Gasteiger partial charge in [-0.05, 0) is 68.4 Å². The molecule has 3 rings (SSSR count). The van der Waals surface area contributed by atoms with Crippen LogP contribution in [0.4, 0.5) is 5.69 Å². The number of aromatic nitrogens is 1. The lowest BCUT2D eigenvalue weighted by Crippen LogP contribution is -2.17. The summed E-state index contributed by atoms with van der Waals surface area (Å²) in [4.78, 5) is 34.4. The number of nitrogens with one attached hydrogen (secondary N) is 2. The third kappa shape index (κ3) is 5.05. The largest absolute Gasteiger partial charge is 0.478 e. The molecule has 3 aromatic rings. The van der Waals surface area contributed by atoms with E-state index >= 15 is 0 Å². The van der Waals surface area contributed by atoms with Gasteiger partial charge < -0.3 is 15.0 Å². The van der Waals surface area contributed by atoms with Crippen LogP contribution in [0, 0.1) is 13.8 Å². The third-order valence-electron chi connectivity index (χ3n) is 4.68. The Morgan fingerprint density at radius 1 is 0.968 bits per heavy atom. The highest BCUT2D eigenvalue weighted by Gasteiger charge is 2.11. The number of aryl methyl sites for hydroxylation is 1. The van der Waals surface area contributed by atoms with Crippen LogP contribution >= 0.6 is 0 Å². The molecule has 8 heteroatoms. The molecule has 0 bridgehead atoms.